The molecule has 3 heteroatoms. The molecule has 0 aromatic heterocycles. The van der Waals surface area contributed by atoms with Crippen molar-refractivity contribution in [1.29, 1.82) is 5.26 Å². The molecule has 1 unspecified atom stereocenters. The Balaban J connectivity index is 2.06. The van der Waals surface area contributed by atoms with E-state index in [0.717, 1.165) is 22.7 Å². The molecule has 0 heterocycles. The van der Waals surface area contributed by atoms with Gasteiger partial charge in [0.1, 0.15) is 0 Å². The van der Waals surface area contributed by atoms with E-state index < -0.39 is 0 Å². The first kappa shape index (κ1) is 14.4. The lowest BCUT2D eigenvalue weighted by Crippen LogP contribution is -2.18. The summed E-state index contributed by atoms with van der Waals surface area (Å²) in [5.41, 5.74) is 4.08. The van der Waals surface area contributed by atoms with E-state index in [0.29, 0.717) is 5.56 Å². The van der Waals surface area contributed by atoms with Gasteiger partial charge in [0.2, 0.25) is 0 Å². The predicted molar refractivity (Wildman–Crippen MR) is 84.1 cm³/mol. The molecule has 0 fully saturated rings. The van der Waals surface area contributed by atoms with E-state index in [4.69, 9.17) is 16.9 Å². The van der Waals surface area contributed by atoms with E-state index in [2.05, 4.69) is 18.3 Å². The van der Waals surface area contributed by atoms with Crippen molar-refractivity contribution >= 4 is 17.3 Å². The van der Waals surface area contributed by atoms with Crippen LogP contribution in [0.2, 0.25) is 5.02 Å². The van der Waals surface area contributed by atoms with Gasteiger partial charge in [-0.1, -0.05) is 29.8 Å². The standard InChI is InChI=1S/C17H17ClN2/c1-12-3-4-15(11-19)10-17(12)20-13(2)9-14-5-7-16(18)8-6-14/h3-8,10,13,20H,9H2,1-2H3. The molecule has 2 nitrogen and oxygen atoms in total. The summed E-state index contributed by atoms with van der Waals surface area (Å²) in [5, 5.41) is 13.2. The molecule has 0 saturated heterocycles. The first-order valence-electron chi connectivity index (χ1n) is 6.60. The highest BCUT2D eigenvalue weighted by atomic mass is 35.5. The Morgan fingerprint density at radius 1 is 1.20 bits per heavy atom. The molecule has 20 heavy (non-hydrogen) atoms. The van der Waals surface area contributed by atoms with Gasteiger partial charge in [-0.3, -0.25) is 0 Å². The number of nitrogens with one attached hydrogen (secondary N) is 1. The largest absolute Gasteiger partial charge is 0.382 e. The number of aryl methyl sites for hydroxylation is 1. The number of rotatable bonds is 4. The summed E-state index contributed by atoms with van der Waals surface area (Å²) in [7, 11) is 0. The summed E-state index contributed by atoms with van der Waals surface area (Å²) >= 11 is 5.89. The fraction of sp³-hybridized carbons (Fsp3) is 0.235. The summed E-state index contributed by atoms with van der Waals surface area (Å²) in [6.07, 6.45) is 0.910. The molecule has 0 amide bonds. The lowest BCUT2D eigenvalue weighted by molar-refractivity contribution is 0.789. The molecule has 102 valence electrons. The molecular weight excluding hydrogens is 268 g/mol. The van der Waals surface area contributed by atoms with E-state index >= 15 is 0 Å². The Morgan fingerprint density at radius 2 is 1.90 bits per heavy atom. The molecule has 0 aliphatic heterocycles. The number of nitriles is 1. The van der Waals surface area contributed by atoms with Crippen LogP contribution in [0.4, 0.5) is 5.69 Å². The predicted octanol–water partition coefficient (Wildman–Crippen LogP) is 4.56. The van der Waals surface area contributed by atoms with Crippen LogP contribution in [0.1, 0.15) is 23.6 Å². The molecule has 0 spiro atoms. The molecule has 0 saturated carbocycles. The third-order valence-electron chi connectivity index (χ3n) is 3.22. The molecule has 0 bridgehead atoms. The maximum atomic E-state index is 8.96. The monoisotopic (exact) mass is 284 g/mol. The van der Waals surface area contributed by atoms with Gasteiger partial charge in [0, 0.05) is 16.8 Å². The SMILES string of the molecule is Cc1ccc(C#N)cc1NC(C)Cc1ccc(Cl)cc1. The number of halogens is 1. The lowest BCUT2D eigenvalue weighted by Gasteiger charge is -2.17. The van der Waals surface area contributed by atoms with Crippen LogP contribution in [0.5, 0.6) is 0 Å². The molecule has 2 aromatic rings. The zero-order valence-corrected chi connectivity index (χ0v) is 12.4. The third-order valence-corrected chi connectivity index (χ3v) is 3.48. The molecule has 0 radical (unpaired) electrons. The van der Waals surface area contributed by atoms with Crippen molar-refractivity contribution in [2.75, 3.05) is 5.32 Å². The summed E-state index contributed by atoms with van der Waals surface area (Å²) in [5.74, 6) is 0. The van der Waals surface area contributed by atoms with Crippen molar-refractivity contribution in [3.63, 3.8) is 0 Å². The van der Waals surface area contributed by atoms with Gasteiger partial charge in [-0.05, 0) is 55.7 Å². The fourth-order valence-corrected chi connectivity index (χ4v) is 2.26. The molecule has 1 atom stereocenters. The summed E-state index contributed by atoms with van der Waals surface area (Å²) in [6.45, 7) is 4.17. The number of benzene rings is 2. The molecule has 0 aliphatic rings. The zero-order valence-electron chi connectivity index (χ0n) is 11.7. The van der Waals surface area contributed by atoms with Crippen molar-refractivity contribution in [2.24, 2.45) is 0 Å². The number of anilines is 1. The van der Waals surface area contributed by atoms with Crippen LogP contribution in [-0.4, -0.2) is 6.04 Å². The minimum Gasteiger partial charge on any atom is -0.382 e. The Labute approximate surface area is 125 Å². The van der Waals surface area contributed by atoms with Gasteiger partial charge in [-0.2, -0.15) is 5.26 Å². The van der Waals surface area contributed by atoms with E-state index in [1.165, 1.54) is 5.56 Å². The van der Waals surface area contributed by atoms with Crippen molar-refractivity contribution in [2.45, 2.75) is 26.3 Å². The second-order valence-electron chi connectivity index (χ2n) is 5.02. The van der Waals surface area contributed by atoms with Crippen LogP contribution in [-0.2, 0) is 6.42 Å². The quantitative estimate of drug-likeness (QED) is 0.893. The minimum atomic E-state index is 0.281. The van der Waals surface area contributed by atoms with Gasteiger partial charge >= 0.3 is 0 Å². The highest BCUT2D eigenvalue weighted by molar-refractivity contribution is 6.30. The first-order chi connectivity index (χ1) is 9.58. The maximum absolute atomic E-state index is 8.96. The Hall–Kier alpha value is -1.98. The van der Waals surface area contributed by atoms with Crippen molar-refractivity contribution in [3.05, 3.63) is 64.2 Å². The van der Waals surface area contributed by atoms with Crippen LogP contribution >= 0.6 is 11.6 Å². The van der Waals surface area contributed by atoms with Crippen LogP contribution in [0.3, 0.4) is 0 Å². The molecular formula is C17H17ClN2. The normalized spacial score (nSPS) is 11.7. The molecule has 2 aromatic carbocycles. The lowest BCUT2D eigenvalue weighted by atomic mass is 10.1. The summed E-state index contributed by atoms with van der Waals surface area (Å²) in [4.78, 5) is 0. The molecule has 2 rings (SSSR count). The first-order valence-corrected chi connectivity index (χ1v) is 6.98. The summed E-state index contributed by atoms with van der Waals surface area (Å²) in [6, 6.07) is 16.1. The summed E-state index contributed by atoms with van der Waals surface area (Å²) < 4.78 is 0. The van der Waals surface area contributed by atoms with Gasteiger partial charge in [0.05, 0.1) is 11.6 Å². The van der Waals surface area contributed by atoms with Gasteiger partial charge in [-0.15, -0.1) is 0 Å². The van der Waals surface area contributed by atoms with Crippen LogP contribution < -0.4 is 5.32 Å². The smallest absolute Gasteiger partial charge is 0.0992 e. The number of hydrogen-bond donors (Lipinski definition) is 1. The topological polar surface area (TPSA) is 35.8 Å². The van der Waals surface area contributed by atoms with Crippen molar-refractivity contribution < 1.29 is 0 Å². The van der Waals surface area contributed by atoms with E-state index in [-0.39, 0.29) is 6.04 Å². The minimum absolute atomic E-state index is 0.281. The van der Waals surface area contributed by atoms with E-state index in [1.54, 1.807) is 0 Å². The Morgan fingerprint density at radius 3 is 2.55 bits per heavy atom. The average Bonchev–Trinajstić information content (AvgIpc) is 2.44. The van der Waals surface area contributed by atoms with Crippen LogP contribution in [0, 0.1) is 18.3 Å². The Bertz CT molecular complexity index is 626. The highest BCUT2D eigenvalue weighted by Gasteiger charge is 2.06. The van der Waals surface area contributed by atoms with Gasteiger partial charge < -0.3 is 5.32 Å². The van der Waals surface area contributed by atoms with Gasteiger partial charge in [0.15, 0.2) is 0 Å². The maximum Gasteiger partial charge on any atom is 0.0992 e. The zero-order chi connectivity index (χ0) is 14.5. The fourth-order valence-electron chi connectivity index (χ4n) is 2.14. The molecule has 1 N–H and O–H groups in total. The number of hydrogen-bond acceptors (Lipinski definition) is 2. The van der Waals surface area contributed by atoms with Crippen LogP contribution in [0.15, 0.2) is 42.5 Å². The third kappa shape index (κ3) is 3.76. The van der Waals surface area contributed by atoms with Gasteiger partial charge in [-0.25, -0.2) is 0 Å². The highest BCUT2D eigenvalue weighted by Crippen LogP contribution is 2.19. The van der Waals surface area contributed by atoms with Gasteiger partial charge in [0.25, 0.3) is 0 Å². The molecule has 0 aliphatic carbocycles. The average molecular weight is 285 g/mol. The van der Waals surface area contributed by atoms with Crippen LogP contribution in [0.25, 0.3) is 0 Å². The van der Waals surface area contributed by atoms with Crippen molar-refractivity contribution in [1.82, 2.24) is 0 Å². The second kappa shape index (κ2) is 6.45. The Kier molecular flexibility index (Phi) is 4.65. The van der Waals surface area contributed by atoms with E-state index in [1.807, 2.05) is 49.4 Å². The van der Waals surface area contributed by atoms with E-state index in [9.17, 15) is 0 Å². The van der Waals surface area contributed by atoms with Crippen molar-refractivity contribution in [3.8, 4) is 6.07 Å². The number of nitrogens with zero attached hydrogens (tertiary/aromatic N) is 1. The second-order valence-corrected chi connectivity index (χ2v) is 5.45.